The summed E-state index contributed by atoms with van der Waals surface area (Å²) in [5.74, 6) is 0.968. The number of H-pyrrole nitrogens is 1. The summed E-state index contributed by atoms with van der Waals surface area (Å²) in [6.07, 6.45) is 2.70. The Morgan fingerprint density at radius 3 is 2.56 bits per heavy atom. The summed E-state index contributed by atoms with van der Waals surface area (Å²) in [5.41, 5.74) is 7.89. The van der Waals surface area contributed by atoms with Gasteiger partial charge in [0.15, 0.2) is 0 Å². The molecule has 0 radical (unpaired) electrons. The molecule has 0 saturated carbocycles. The maximum absolute atomic E-state index is 5.87. The first-order valence-electron chi connectivity index (χ1n) is 6.00. The zero-order valence-corrected chi connectivity index (χ0v) is 11.5. The van der Waals surface area contributed by atoms with E-state index in [4.69, 9.17) is 17.3 Å². The molecule has 2 rings (SSSR count). The third-order valence-electron chi connectivity index (χ3n) is 2.98. The van der Waals surface area contributed by atoms with E-state index >= 15 is 0 Å². The fraction of sp³-hybridized carbons (Fsp3) is 0.357. The van der Waals surface area contributed by atoms with Crippen molar-refractivity contribution in [3.05, 3.63) is 41.3 Å². The minimum atomic E-state index is 0.0646. The third kappa shape index (κ3) is 3.12. The van der Waals surface area contributed by atoms with E-state index in [-0.39, 0.29) is 5.41 Å². The summed E-state index contributed by atoms with van der Waals surface area (Å²) in [6, 6.07) is 7.71. The molecule has 0 spiro atoms. The maximum Gasteiger partial charge on any atom is 0.107 e. The zero-order chi connectivity index (χ0) is 13.2. The fourth-order valence-corrected chi connectivity index (χ4v) is 1.88. The molecule has 1 heterocycles. The average molecular weight is 264 g/mol. The largest absolute Gasteiger partial charge is 0.342 e. The van der Waals surface area contributed by atoms with Gasteiger partial charge in [-0.3, -0.25) is 0 Å². The molecule has 0 atom stereocenters. The van der Waals surface area contributed by atoms with E-state index in [1.807, 2.05) is 30.5 Å². The van der Waals surface area contributed by atoms with Gasteiger partial charge in [-0.1, -0.05) is 37.6 Å². The van der Waals surface area contributed by atoms with E-state index in [2.05, 4.69) is 23.8 Å². The predicted octanol–water partition coefficient (Wildman–Crippen LogP) is 3.26. The number of aromatic nitrogens is 2. The molecule has 3 N–H and O–H groups in total. The molecule has 0 aliphatic rings. The van der Waals surface area contributed by atoms with Crippen molar-refractivity contribution in [2.45, 2.75) is 20.3 Å². The second kappa shape index (κ2) is 5.12. The number of rotatable bonds is 4. The highest BCUT2D eigenvalue weighted by Gasteiger charge is 2.18. The molecule has 0 bridgehead atoms. The Balaban J connectivity index is 2.18. The minimum Gasteiger partial charge on any atom is -0.342 e. The molecule has 0 aliphatic heterocycles. The van der Waals surface area contributed by atoms with Gasteiger partial charge in [-0.25, -0.2) is 4.98 Å². The Bertz CT molecular complexity index is 514. The summed E-state index contributed by atoms with van der Waals surface area (Å²) < 4.78 is 0. The van der Waals surface area contributed by atoms with Crippen molar-refractivity contribution >= 4 is 11.6 Å². The molecule has 0 unspecified atom stereocenters. The topological polar surface area (TPSA) is 54.7 Å². The van der Waals surface area contributed by atoms with Crippen LogP contribution < -0.4 is 5.73 Å². The monoisotopic (exact) mass is 263 g/mol. The normalized spacial score (nSPS) is 11.8. The number of benzene rings is 1. The van der Waals surface area contributed by atoms with E-state index in [0.29, 0.717) is 6.54 Å². The van der Waals surface area contributed by atoms with Crippen LogP contribution in [0.25, 0.3) is 11.3 Å². The number of hydrogen-bond acceptors (Lipinski definition) is 2. The van der Waals surface area contributed by atoms with Crippen LogP contribution in [-0.4, -0.2) is 16.5 Å². The molecule has 0 aliphatic carbocycles. The first-order valence-corrected chi connectivity index (χ1v) is 6.38. The number of nitrogens with two attached hydrogens (primary N) is 1. The molecule has 3 nitrogen and oxygen atoms in total. The van der Waals surface area contributed by atoms with Gasteiger partial charge in [0, 0.05) is 11.4 Å². The van der Waals surface area contributed by atoms with Crippen molar-refractivity contribution in [2.24, 2.45) is 11.1 Å². The van der Waals surface area contributed by atoms with Gasteiger partial charge in [0.05, 0.1) is 11.9 Å². The molecule has 1 aromatic heterocycles. The van der Waals surface area contributed by atoms with Crippen LogP contribution in [0.4, 0.5) is 0 Å². The van der Waals surface area contributed by atoms with E-state index in [1.54, 1.807) is 0 Å². The SMILES string of the molecule is CC(C)(CN)Cc1ncc(-c2ccc(Cl)cc2)[nH]1. The summed E-state index contributed by atoms with van der Waals surface area (Å²) in [5, 5.41) is 0.739. The number of aromatic amines is 1. The van der Waals surface area contributed by atoms with Crippen LogP contribution in [-0.2, 0) is 6.42 Å². The van der Waals surface area contributed by atoms with Crippen LogP contribution >= 0.6 is 11.6 Å². The Kier molecular flexibility index (Phi) is 3.73. The lowest BCUT2D eigenvalue weighted by molar-refractivity contribution is 0.369. The first-order chi connectivity index (χ1) is 8.50. The van der Waals surface area contributed by atoms with Gasteiger partial charge in [0.25, 0.3) is 0 Å². The molecule has 18 heavy (non-hydrogen) atoms. The quantitative estimate of drug-likeness (QED) is 0.890. The molecule has 2 aromatic rings. The Hall–Kier alpha value is -1.32. The minimum absolute atomic E-state index is 0.0646. The van der Waals surface area contributed by atoms with Crippen molar-refractivity contribution in [3.63, 3.8) is 0 Å². The van der Waals surface area contributed by atoms with Gasteiger partial charge in [0.1, 0.15) is 5.82 Å². The van der Waals surface area contributed by atoms with Gasteiger partial charge in [-0.05, 0) is 29.7 Å². The van der Waals surface area contributed by atoms with E-state index < -0.39 is 0 Å². The van der Waals surface area contributed by atoms with Gasteiger partial charge < -0.3 is 10.7 Å². The molecule has 0 fully saturated rings. The van der Waals surface area contributed by atoms with E-state index in [0.717, 1.165) is 28.5 Å². The van der Waals surface area contributed by atoms with Crippen LogP contribution in [0.2, 0.25) is 5.02 Å². The second-order valence-corrected chi connectivity index (χ2v) is 5.73. The maximum atomic E-state index is 5.87. The Morgan fingerprint density at radius 1 is 1.28 bits per heavy atom. The lowest BCUT2D eigenvalue weighted by Gasteiger charge is -2.20. The Labute approximate surface area is 112 Å². The van der Waals surface area contributed by atoms with Gasteiger partial charge in [0.2, 0.25) is 0 Å². The molecule has 96 valence electrons. The fourth-order valence-electron chi connectivity index (χ4n) is 1.75. The molecule has 1 aromatic carbocycles. The van der Waals surface area contributed by atoms with Gasteiger partial charge in [-0.2, -0.15) is 0 Å². The van der Waals surface area contributed by atoms with Crippen molar-refractivity contribution < 1.29 is 0 Å². The molecule has 0 saturated heterocycles. The first kappa shape index (κ1) is 13.1. The van der Waals surface area contributed by atoms with Crippen LogP contribution in [0.3, 0.4) is 0 Å². The highest BCUT2D eigenvalue weighted by atomic mass is 35.5. The van der Waals surface area contributed by atoms with Crippen LogP contribution in [0.15, 0.2) is 30.5 Å². The highest BCUT2D eigenvalue weighted by molar-refractivity contribution is 6.30. The number of imidazole rings is 1. The summed E-state index contributed by atoms with van der Waals surface area (Å²) >= 11 is 5.87. The lowest BCUT2D eigenvalue weighted by Crippen LogP contribution is -2.26. The van der Waals surface area contributed by atoms with Crippen molar-refractivity contribution in [2.75, 3.05) is 6.54 Å². The van der Waals surface area contributed by atoms with Crippen LogP contribution in [0.1, 0.15) is 19.7 Å². The van der Waals surface area contributed by atoms with Crippen molar-refractivity contribution in [1.29, 1.82) is 0 Å². The number of hydrogen-bond donors (Lipinski definition) is 2. The molecular formula is C14H18ClN3. The molecule has 0 amide bonds. The van der Waals surface area contributed by atoms with Crippen LogP contribution in [0, 0.1) is 5.41 Å². The predicted molar refractivity (Wildman–Crippen MR) is 75.6 cm³/mol. The van der Waals surface area contributed by atoms with Gasteiger partial charge >= 0.3 is 0 Å². The Morgan fingerprint density at radius 2 is 1.94 bits per heavy atom. The second-order valence-electron chi connectivity index (χ2n) is 5.30. The smallest absolute Gasteiger partial charge is 0.107 e. The zero-order valence-electron chi connectivity index (χ0n) is 10.7. The van der Waals surface area contributed by atoms with Gasteiger partial charge in [-0.15, -0.1) is 0 Å². The molecule has 4 heteroatoms. The number of nitrogens with one attached hydrogen (secondary N) is 1. The number of halogens is 1. The van der Waals surface area contributed by atoms with Crippen molar-refractivity contribution in [3.8, 4) is 11.3 Å². The lowest BCUT2D eigenvalue weighted by atomic mass is 9.89. The van der Waals surface area contributed by atoms with Crippen molar-refractivity contribution in [1.82, 2.24) is 9.97 Å². The molecular weight excluding hydrogens is 246 g/mol. The average Bonchev–Trinajstić information content (AvgIpc) is 2.78. The standard InChI is InChI=1S/C14H18ClN3/c1-14(2,9-16)7-13-17-8-12(18-13)10-3-5-11(15)6-4-10/h3-6,8H,7,9,16H2,1-2H3,(H,17,18). The third-order valence-corrected chi connectivity index (χ3v) is 3.23. The number of nitrogens with zero attached hydrogens (tertiary/aromatic N) is 1. The summed E-state index contributed by atoms with van der Waals surface area (Å²) in [7, 11) is 0. The summed E-state index contributed by atoms with van der Waals surface area (Å²) in [6.45, 7) is 4.92. The van der Waals surface area contributed by atoms with Crippen LogP contribution in [0.5, 0.6) is 0 Å². The van der Waals surface area contributed by atoms with E-state index in [1.165, 1.54) is 0 Å². The highest BCUT2D eigenvalue weighted by Crippen LogP contribution is 2.23. The summed E-state index contributed by atoms with van der Waals surface area (Å²) in [4.78, 5) is 7.73. The van der Waals surface area contributed by atoms with E-state index in [9.17, 15) is 0 Å².